The van der Waals surface area contributed by atoms with Crippen LogP contribution in [0.1, 0.15) is 26.4 Å². The Morgan fingerprint density at radius 1 is 0.967 bits per heavy atom. The van der Waals surface area contributed by atoms with Crippen molar-refractivity contribution in [1.29, 1.82) is 0 Å². The minimum Gasteiger partial charge on any atom is -0.350 e. The molecule has 6 nitrogen and oxygen atoms in total. The van der Waals surface area contributed by atoms with Gasteiger partial charge in [0, 0.05) is 23.7 Å². The molecule has 1 heterocycles. The second-order valence-corrected chi connectivity index (χ2v) is 6.61. The Bertz CT molecular complexity index is 1050. The largest absolute Gasteiger partial charge is 0.434 e. The molecule has 0 spiro atoms. The van der Waals surface area contributed by atoms with Gasteiger partial charge in [0.2, 0.25) is 0 Å². The average Bonchev–Trinajstić information content (AvgIpc) is 3.17. The molecule has 0 saturated heterocycles. The summed E-state index contributed by atoms with van der Waals surface area (Å²) in [6.07, 6.45) is -3.98. The zero-order valence-electron chi connectivity index (χ0n) is 15.4. The van der Waals surface area contributed by atoms with Gasteiger partial charge in [-0.1, -0.05) is 35.9 Å². The minimum atomic E-state index is -4.83. The van der Waals surface area contributed by atoms with Crippen LogP contribution in [0.4, 0.5) is 13.2 Å². The van der Waals surface area contributed by atoms with Gasteiger partial charge in [-0.3, -0.25) is 9.59 Å². The molecule has 156 valence electrons. The maximum absolute atomic E-state index is 13.6. The lowest BCUT2D eigenvalue weighted by Gasteiger charge is -2.13. The maximum atomic E-state index is 13.6. The number of alkyl halides is 3. The third-order valence-corrected chi connectivity index (χ3v) is 4.30. The van der Waals surface area contributed by atoms with Crippen molar-refractivity contribution in [2.45, 2.75) is 6.18 Å². The number of rotatable bonds is 6. The summed E-state index contributed by atoms with van der Waals surface area (Å²) in [6.45, 7) is -0.0136. The van der Waals surface area contributed by atoms with E-state index in [1.54, 1.807) is 30.3 Å². The molecule has 2 N–H and O–H groups in total. The van der Waals surface area contributed by atoms with Gasteiger partial charge >= 0.3 is 6.18 Å². The smallest absolute Gasteiger partial charge is 0.350 e. The zero-order chi connectivity index (χ0) is 21.7. The average molecular weight is 437 g/mol. The maximum Gasteiger partial charge on any atom is 0.434 e. The SMILES string of the molecule is O=C(NCCNC(=O)c1cnn(-c2cccc(Cl)c2)c1C(F)(F)F)c1ccccc1. The summed E-state index contributed by atoms with van der Waals surface area (Å²) in [5.41, 5.74) is -1.33. The summed E-state index contributed by atoms with van der Waals surface area (Å²) in [4.78, 5) is 24.3. The Labute approximate surface area is 174 Å². The second kappa shape index (κ2) is 9.00. The van der Waals surface area contributed by atoms with E-state index >= 15 is 0 Å². The van der Waals surface area contributed by atoms with Crippen molar-refractivity contribution in [2.75, 3.05) is 13.1 Å². The highest BCUT2D eigenvalue weighted by Crippen LogP contribution is 2.34. The Morgan fingerprint density at radius 2 is 1.63 bits per heavy atom. The Hall–Kier alpha value is -3.33. The van der Waals surface area contributed by atoms with Crippen LogP contribution >= 0.6 is 11.6 Å². The van der Waals surface area contributed by atoms with E-state index in [0.717, 1.165) is 6.20 Å². The van der Waals surface area contributed by atoms with Crippen molar-refractivity contribution in [3.05, 3.63) is 82.6 Å². The molecule has 2 aromatic carbocycles. The number of hydrogen-bond donors (Lipinski definition) is 2. The third-order valence-electron chi connectivity index (χ3n) is 4.07. The van der Waals surface area contributed by atoms with Crippen LogP contribution in [0.5, 0.6) is 0 Å². The zero-order valence-corrected chi connectivity index (χ0v) is 16.2. The van der Waals surface area contributed by atoms with E-state index in [9.17, 15) is 22.8 Å². The van der Waals surface area contributed by atoms with Gasteiger partial charge in [-0.15, -0.1) is 0 Å². The predicted octanol–water partition coefficient (Wildman–Crippen LogP) is 3.70. The molecule has 3 rings (SSSR count). The number of carbonyl (C=O) groups excluding carboxylic acids is 2. The molecule has 0 aliphatic carbocycles. The van der Waals surface area contributed by atoms with Crippen LogP contribution in [0.2, 0.25) is 5.02 Å². The summed E-state index contributed by atoms with van der Waals surface area (Å²) < 4.78 is 41.5. The van der Waals surface area contributed by atoms with Gasteiger partial charge in [0.25, 0.3) is 11.8 Å². The lowest BCUT2D eigenvalue weighted by atomic mass is 10.2. The first kappa shape index (κ1) is 21.4. The number of benzene rings is 2. The fourth-order valence-electron chi connectivity index (χ4n) is 2.73. The summed E-state index contributed by atoms with van der Waals surface area (Å²) in [7, 11) is 0. The topological polar surface area (TPSA) is 76.0 Å². The lowest BCUT2D eigenvalue weighted by molar-refractivity contribution is -0.143. The fourth-order valence-corrected chi connectivity index (χ4v) is 2.91. The van der Waals surface area contributed by atoms with Crippen molar-refractivity contribution in [3.63, 3.8) is 0 Å². The van der Waals surface area contributed by atoms with E-state index < -0.39 is 23.3 Å². The molecule has 0 fully saturated rings. The number of amides is 2. The van der Waals surface area contributed by atoms with Crippen molar-refractivity contribution < 1.29 is 22.8 Å². The molecule has 2 amide bonds. The van der Waals surface area contributed by atoms with Gasteiger partial charge in [-0.25, -0.2) is 4.68 Å². The molecule has 3 aromatic rings. The third kappa shape index (κ3) is 4.98. The normalized spacial score (nSPS) is 11.2. The van der Waals surface area contributed by atoms with Crippen LogP contribution in [0.15, 0.2) is 60.8 Å². The number of halogens is 4. The molecule has 10 heteroatoms. The Kier molecular flexibility index (Phi) is 6.41. The number of hydrogen-bond acceptors (Lipinski definition) is 3. The first-order valence-electron chi connectivity index (χ1n) is 8.80. The van der Waals surface area contributed by atoms with E-state index in [1.165, 1.54) is 24.3 Å². The van der Waals surface area contributed by atoms with Gasteiger partial charge in [0.1, 0.15) is 0 Å². The van der Waals surface area contributed by atoms with Crippen LogP contribution in [-0.4, -0.2) is 34.7 Å². The number of carbonyl (C=O) groups is 2. The molecule has 0 bridgehead atoms. The number of nitrogens with one attached hydrogen (secondary N) is 2. The van der Waals surface area contributed by atoms with Crippen LogP contribution in [0.25, 0.3) is 5.69 Å². The summed E-state index contributed by atoms with van der Waals surface area (Å²) >= 11 is 5.85. The lowest BCUT2D eigenvalue weighted by Crippen LogP contribution is -2.35. The van der Waals surface area contributed by atoms with Crippen LogP contribution < -0.4 is 10.6 Å². The first-order valence-corrected chi connectivity index (χ1v) is 9.18. The summed E-state index contributed by atoms with van der Waals surface area (Å²) in [5.74, 6) is -1.31. The highest BCUT2D eigenvalue weighted by molar-refractivity contribution is 6.30. The molecule has 30 heavy (non-hydrogen) atoms. The van der Waals surface area contributed by atoms with Crippen molar-refractivity contribution in [1.82, 2.24) is 20.4 Å². The molecule has 0 aliphatic rings. The van der Waals surface area contributed by atoms with E-state index in [2.05, 4.69) is 15.7 Å². The minimum absolute atomic E-state index is 0.0449. The quantitative estimate of drug-likeness (QED) is 0.578. The highest BCUT2D eigenvalue weighted by Gasteiger charge is 2.40. The van der Waals surface area contributed by atoms with Crippen molar-refractivity contribution in [2.24, 2.45) is 0 Å². The first-order chi connectivity index (χ1) is 14.3. The molecule has 0 atom stereocenters. The molecule has 0 aliphatic heterocycles. The Balaban J connectivity index is 1.69. The molecular weight excluding hydrogens is 421 g/mol. The van der Waals surface area contributed by atoms with E-state index in [4.69, 9.17) is 11.6 Å². The highest BCUT2D eigenvalue weighted by atomic mass is 35.5. The predicted molar refractivity (Wildman–Crippen MR) is 105 cm³/mol. The molecule has 0 unspecified atom stereocenters. The molecular formula is C20H16ClF3N4O2. The Morgan fingerprint density at radius 3 is 2.27 bits per heavy atom. The van der Waals surface area contributed by atoms with Crippen LogP contribution in [0, 0.1) is 0 Å². The van der Waals surface area contributed by atoms with Gasteiger partial charge in [0.15, 0.2) is 5.69 Å². The van der Waals surface area contributed by atoms with Gasteiger partial charge in [0.05, 0.1) is 17.4 Å². The van der Waals surface area contributed by atoms with Crippen molar-refractivity contribution >= 4 is 23.4 Å². The van der Waals surface area contributed by atoms with E-state index in [-0.39, 0.29) is 29.7 Å². The molecule has 0 radical (unpaired) electrons. The molecule has 1 aromatic heterocycles. The van der Waals surface area contributed by atoms with Crippen LogP contribution in [-0.2, 0) is 6.18 Å². The molecule has 0 saturated carbocycles. The van der Waals surface area contributed by atoms with Crippen LogP contribution in [0.3, 0.4) is 0 Å². The monoisotopic (exact) mass is 436 g/mol. The van der Waals surface area contributed by atoms with Gasteiger partial charge in [-0.2, -0.15) is 18.3 Å². The number of nitrogens with zero attached hydrogens (tertiary/aromatic N) is 2. The summed E-state index contributed by atoms with van der Waals surface area (Å²) in [5, 5.41) is 8.89. The number of aromatic nitrogens is 2. The standard InChI is InChI=1S/C20H16ClF3N4O2/c21-14-7-4-8-15(11-14)28-17(20(22,23)24)16(12-27-28)19(30)26-10-9-25-18(29)13-5-2-1-3-6-13/h1-8,11-12H,9-10H2,(H,25,29)(H,26,30). The second-order valence-electron chi connectivity index (χ2n) is 6.17. The fraction of sp³-hybridized carbons (Fsp3) is 0.150. The van der Waals surface area contributed by atoms with E-state index in [1.807, 2.05) is 0 Å². The van der Waals surface area contributed by atoms with Gasteiger partial charge in [-0.05, 0) is 30.3 Å². The van der Waals surface area contributed by atoms with Crippen molar-refractivity contribution in [3.8, 4) is 5.69 Å². The van der Waals surface area contributed by atoms with Gasteiger partial charge < -0.3 is 10.6 Å². The van der Waals surface area contributed by atoms with E-state index in [0.29, 0.717) is 10.2 Å². The summed E-state index contributed by atoms with van der Waals surface area (Å²) in [6, 6.07) is 14.1.